The minimum atomic E-state index is 0.685. The second kappa shape index (κ2) is 5.45. The van der Waals surface area contributed by atoms with E-state index in [-0.39, 0.29) is 0 Å². The monoisotopic (exact) mass is 191 g/mol. The van der Waals surface area contributed by atoms with E-state index in [0.29, 0.717) is 6.54 Å². The molecule has 0 unspecified atom stereocenters. The number of hydrogen-bond acceptors (Lipinski definition) is 2. The first kappa shape index (κ1) is 10.8. The van der Waals surface area contributed by atoms with Gasteiger partial charge in [-0.2, -0.15) is 0 Å². The van der Waals surface area contributed by atoms with Gasteiger partial charge >= 0.3 is 0 Å². The van der Waals surface area contributed by atoms with Gasteiger partial charge in [-0.1, -0.05) is 24.3 Å². The second-order valence-corrected chi connectivity index (χ2v) is 3.23. The third kappa shape index (κ3) is 2.89. The molecule has 14 heavy (non-hydrogen) atoms. The van der Waals surface area contributed by atoms with Crippen LogP contribution in [0.25, 0.3) is 6.08 Å². The lowest BCUT2D eigenvalue weighted by Gasteiger charge is -2.05. The molecule has 0 aliphatic heterocycles. The van der Waals surface area contributed by atoms with Crippen molar-refractivity contribution in [1.82, 2.24) is 0 Å². The summed E-state index contributed by atoms with van der Waals surface area (Å²) in [6, 6.07) is 6.16. The van der Waals surface area contributed by atoms with Gasteiger partial charge in [0.2, 0.25) is 0 Å². The van der Waals surface area contributed by atoms with Gasteiger partial charge in [-0.3, -0.25) is 0 Å². The van der Waals surface area contributed by atoms with Crippen molar-refractivity contribution in [2.75, 3.05) is 13.7 Å². The Bertz CT molecular complexity index is 318. The van der Waals surface area contributed by atoms with E-state index >= 15 is 0 Å². The molecule has 0 aliphatic carbocycles. The van der Waals surface area contributed by atoms with E-state index in [4.69, 9.17) is 10.5 Å². The van der Waals surface area contributed by atoms with Gasteiger partial charge in [0.15, 0.2) is 0 Å². The van der Waals surface area contributed by atoms with Crippen LogP contribution in [0, 0.1) is 6.92 Å². The summed E-state index contributed by atoms with van der Waals surface area (Å²) in [5.74, 6) is 0.915. The van der Waals surface area contributed by atoms with Gasteiger partial charge in [0.1, 0.15) is 5.75 Å². The van der Waals surface area contributed by atoms with Gasteiger partial charge in [-0.05, 0) is 31.5 Å². The molecule has 0 atom stereocenters. The first-order valence-electron chi connectivity index (χ1n) is 4.79. The third-order valence-electron chi connectivity index (χ3n) is 2.02. The Morgan fingerprint density at radius 2 is 2.21 bits per heavy atom. The molecule has 0 saturated carbocycles. The van der Waals surface area contributed by atoms with E-state index in [0.717, 1.165) is 17.7 Å². The van der Waals surface area contributed by atoms with Crippen molar-refractivity contribution in [2.24, 2.45) is 5.73 Å². The minimum absolute atomic E-state index is 0.685. The molecule has 0 heterocycles. The first-order valence-corrected chi connectivity index (χ1v) is 4.79. The van der Waals surface area contributed by atoms with E-state index in [1.807, 2.05) is 12.1 Å². The molecule has 2 nitrogen and oxygen atoms in total. The summed E-state index contributed by atoms with van der Waals surface area (Å²) in [5.41, 5.74) is 7.71. The summed E-state index contributed by atoms with van der Waals surface area (Å²) >= 11 is 0. The largest absolute Gasteiger partial charge is 0.496 e. The fraction of sp³-hybridized carbons (Fsp3) is 0.333. The van der Waals surface area contributed by atoms with Crippen molar-refractivity contribution >= 4 is 6.08 Å². The predicted octanol–water partition coefficient (Wildman–Crippen LogP) is 2.37. The van der Waals surface area contributed by atoms with Crippen molar-refractivity contribution < 1.29 is 4.74 Å². The van der Waals surface area contributed by atoms with Gasteiger partial charge in [0.05, 0.1) is 7.11 Å². The lowest BCUT2D eigenvalue weighted by Crippen LogP contribution is -1.95. The minimum Gasteiger partial charge on any atom is -0.496 e. The molecule has 0 radical (unpaired) electrons. The van der Waals surface area contributed by atoms with Crippen LogP contribution in [-0.2, 0) is 0 Å². The van der Waals surface area contributed by atoms with Crippen molar-refractivity contribution in [3.8, 4) is 5.75 Å². The van der Waals surface area contributed by atoms with Crippen LogP contribution in [0.5, 0.6) is 5.75 Å². The molecule has 1 aromatic rings. The molecule has 2 heteroatoms. The number of aryl methyl sites for hydroxylation is 1. The molecule has 1 aromatic carbocycles. The van der Waals surface area contributed by atoms with Crippen molar-refractivity contribution in [2.45, 2.75) is 13.3 Å². The Hall–Kier alpha value is -1.28. The highest BCUT2D eigenvalue weighted by molar-refractivity contribution is 5.58. The van der Waals surface area contributed by atoms with Gasteiger partial charge in [0, 0.05) is 5.56 Å². The molecule has 76 valence electrons. The SMILES string of the molecule is COc1cc(C)ccc1C=CCCN. The van der Waals surface area contributed by atoms with E-state index in [9.17, 15) is 0 Å². The fourth-order valence-electron chi connectivity index (χ4n) is 1.26. The smallest absolute Gasteiger partial charge is 0.126 e. The maximum Gasteiger partial charge on any atom is 0.126 e. The average molecular weight is 191 g/mol. The van der Waals surface area contributed by atoms with Gasteiger partial charge in [-0.15, -0.1) is 0 Å². The summed E-state index contributed by atoms with van der Waals surface area (Å²) < 4.78 is 5.27. The van der Waals surface area contributed by atoms with Crippen molar-refractivity contribution in [3.05, 3.63) is 35.4 Å². The average Bonchev–Trinajstić information content (AvgIpc) is 2.20. The number of benzene rings is 1. The topological polar surface area (TPSA) is 35.2 Å². The molecule has 0 aromatic heterocycles. The number of nitrogens with two attached hydrogens (primary N) is 1. The standard InChI is InChI=1S/C12H17NO/c1-10-6-7-11(5-3-4-8-13)12(9-10)14-2/h3,5-7,9H,4,8,13H2,1-2H3. The van der Waals surface area contributed by atoms with Crippen LogP contribution in [0.3, 0.4) is 0 Å². The van der Waals surface area contributed by atoms with Crippen LogP contribution < -0.4 is 10.5 Å². The van der Waals surface area contributed by atoms with Gasteiger partial charge in [-0.25, -0.2) is 0 Å². The van der Waals surface area contributed by atoms with Gasteiger partial charge in [0.25, 0.3) is 0 Å². The first-order chi connectivity index (χ1) is 6.77. The molecule has 0 saturated heterocycles. The van der Waals surface area contributed by atoms with Gasteiger partial charge < -0.3 is 10.5 Å². The summed E-state index contributed by atoms with van der Waals surface area (Å²) in [6.45, 7) is 2.74. The van der Waals surface area contributed by atoms with Crippen LogP contribution in [0.15, 0.2) is 24.3 Å². The molecule has 0 fully saturated rings. The highest BCUT2D eigenvalue weighted by Crippen LogP contribution is 2.21. The van der Waals surface area contributed by atoms with E-state index in [1.54, 1.807) is 7.11 Å². The summed E-state index contributed by atoms with van der Waals surface area (Å²) in [6.07, 6.45) is 5.01. The summed E-state index contributed by atoms with van der Waals surface area (Å²) in [5, 5.41) is 0. The summed E-state index contributed by atoms with van der Waals surface area (Å²) in [7, 11) is 1.69. The molecule has 2 N–H and O–H groups in total. The van der Waals surface area contributed by atoms with Crippen LogP contribution >= 0.6 is 0 Å². The molecule has 0 amide bonds. The third-order valence-corrected chi connectivity index (χ3v) is 2.02. The maximum atomic E-state index is 5.40. The Balaban J connectivity index is 2.85. The number of rotatable bonds is 4. The molecular weight excluding hydrogens is 174 g/mol. The van der Waals surface area contributed by atoms with Crippen LogP contribution in [-0.4, -0.2) is 13.7 Å². The highest BCUT2D eigenvalue weighted by Gasteiger charge is 1.98. The Kier molecular flexibility index (Phi) is 4.20. The second-order valence-electron chi connectivity index (χ2n) is 3.23. The van der Waals surface area contributed by atoms with Crippen LogP contribution in [0.4, 0.5) is 0 Å². The number of methoxy groups -OCH3 is 1. The normalized spacial score (nSPS) is 10.8. The van der Waals surface area contributed by atoms with E-state index in [2.05, 4.69) is 25.1 Å². The number of hydrogen-bond donors (Lipinski definition) is 1. The van der Waals surface area contributed by atoms with Crippen molar-refractivity contribution in [3.63, 3.8) is 0 Å². The number of ether oxygens (including phenoxy) is 1. The Labute approximate surface area is 85.4 Å². The van der Waals surface area contributed by atoms with Crippen LogP contribution in [0.2, 0.25) is 0 Å². The summed E-state index contributed by atoms with van der Waals surface area (Å²) in [4.78, 5) is 0. The quantitative estimate of drug-likeness (QED) is 0.793. The molecule has 0 bridgehead atoms. The lowest BCUT2D eigenvalue weighted by atomic mass is 10.1. The lowest BCUT2D eigenvalue weighted by molar-refractivity contribution is 0.413. The molecule has 0 aliphatic rings. The zero-order valence-electron chi connectivity index (χ0n) is 8.79. The Morgan fingerprint density at radius 1 is 1.43 bits per heavy atom. The molecule has 0 spiro atoms. The molecular formula is C12H17NO. The molecule has 1 rings (SSSR count). The van der Waals surface area contributed by atoms with Crippen molar-refractivity contribution in [1.29, 1.82) is 0 Å². The highest BCUT2D eigenvalue weighted by atomic mass is 16.5. The van der Waals surface area contributed by atoms with E-state index in [1.165, 1.54) is 5.56 Å². The predicted molar refractivity (Wildman–Crippen MR) is 60.4 cm³/mol. The Morgan fingerprint density at radius 3 is 2.86 bits per heavy atom. The maximum absolute atomic E-state index is 5.40. The zero-order valence-corrected chi connectivity index (χ0v) is 8.79. The van der Waals surface area contributed by atoms with Crippen LogP contribution in [0.1, 0.15) is 17.5 Å². The van der Waals surface area contributed by atoms with E-state index < -0.39 is 0 Å². The fourth-order valence-corrected chi connectivity index (χ4v) is 1.26. The zero-order chi connectivity index (χ0) is 10.4.